The maximum atomic E-state index is 12.6. The summed E-state index contributed by atoms with van der Waals surface area (Å²) in [6.07, 6.45) is 3.66. The van der Waals surface area contributed by atoms with E-state index in [0.29, 0.717) is 12.2 Å². The van der Waals surface area contributed by atoms with Crippen molar-refractivity contribution < 1.29 is 9.53 Å². The number of nitrogens with zero attached hydrogens (tertiary/aromatic N) is 1. The second kappa shape index (κ2) is 8.13. The highest BCUT2D eigenvalue weighted by Gasteiger charge is 2.22. The van der Waals surface area contributed by atoms with Crippen LogP contribution in [-0.4, -0.2) is 49.2 Å². The zero-order chi connectivity index (χ0) is 18.8. The highest BCUT2D eigenvalue weighted by Crippen LogP contribution is 2.39. The van der Waals surface area contributed by atoms with Crippen LogP contribution in [0.15, 0.2) is 30.3 Å². The topological polar surface area (TPSA) is 41.6 Å². The third-order valence-electron chi connectivity index (χ3n) is 5.39. The number of carbonyl (C=O) groups is 1. The summed E-state index contributed by atoms with van der Waals surface area (Å²) < 4.78 is 5.77. The molecule has 2 aromatic rings. The van der Waals surface area contributed by atoms with Crippen molar-refractivity contribution >= 4 is 17.2 Å². The Bertz CT molecular complexity index is 806. The summed E-state index contributed by atoms with van der Waals surface area (Å²) in [5.41, 5.74) is 4.02. The number of morpholine rings is 1. The lowest BCUT2D eigenvalue weighted by Crippen LogP contribution is -2.46. The molecule has 1 aromatic carbocycles. The predicted octanol–water partition coefficient (Wildman–Crippen LogP) is 3.74. The Hall–Kier alpha value is -1.69. The van der Waals surface area contributed by atoms with Crippen molar-refractivity contribution in [3.63, 3.8) is 0 Å². The third-order valence-corrected chi connectivity index (χ3v) is 6.60. The van der Waals surface area contributed by atoms with Gasteiger partial charge in [0.2, 0.25) is 0 Å². The summed E-state index contributed by atoms with van der Waals surface area (Å²) in [5.74, 6) is 0.0654. The van der Waals surface area contributed by atoms with Gasteiger partial charge in [-0.1, -0.05) is 24.3 Å². The number of benzene rings is 1. The average Bonchev–Trinajstić information content (AvgIpc) is 3.09. The minimum Gasteiger partial charge on any atom is -0.373 e. The molecule has 1 aliphatic heterocycles. The Morgan fingerprint density at radius 1 is 1.19 bits per heavy atom. The molecule has 1 aliphatic carbocycles. The molecule has 0 bridgehead atoms. The van der Waals surface area contributed by atoms with Crippen LogP contribution in [0, 0.1) is 0 Å². The number of nitrogens with one attached hydrogen (secondary N) is 1. The molecule has 1 fully saturated rings. The first-order chi connectivity index (χ1) is 13.1. The normalized spacial score (nSPS) is 22.1. The first-order valence-electron chi connectivity index (χ1n) is 9.97. The van der Waals surface area contributed by atoms with E-state index in [-0.39, 0.29) is 5.91 Å². The van der Waals surface area contributed by atoms with E-state index in [9.17, 15) is 4.79 Å². The number of amides is 1. The highest BCUT2D eigenvalue weighted by molar-refractivity contribution is 7.17. The molecular weight excluding hydrogens is 356 g/mol. The van der Waals surface area contributed by atoms with Crippen LogP contribution in [0.5, 0.6) is 0 Å². The maximum absolute atomic E-state index is 12.6. The van der Waals surface area contributed by atoms with Gasteiger partial charge in [-0.05, 0) is 55.9 Å². The molecule has 2 atom stereocenters. The molecule has 144 valence electrons. The predicted molar refractivity (Wildman–Crippen MR) is 111 cm³/mol. The molecule has 1 aromatic heterocycles. The molecule has 1 N–H and O–H groups in total. The van der Waals surface area contributed by atoms with Crippen molar-refractivity contribution in [1.82, 2.24) is 10.2 Å². The van der Waals surface area contributed by atoms with Gasteiger partial charge in [-0.15, -0.1) is 11.3 Å². The molecule has 0 radical (unpaired) electrons. The molecule has 2 heterocycles. The van der Waals surface area contributed by atoms with Crippen LogP contribution in [0.2, 0.25) is 0 Å². The molecule has 27 heavy (non-hydrogen) atoms. The van der Waals surface area contributed by atoms with Crippen LogP contribution in [0.1, 0.15) is 41.1 Å². The maximum Gasteiger partial charge on any atom is 0.261 e. The number of hydrogen-bond acceptors (Lipinski definition) is 4. The summed E-state index contributed by atoms with van der Waals surface area (Å²) in [4.78, 5) is 17.1. The molecule has 5 heteroatoms. The molecule has 1 amide bonds. The number of aryl methyl sites for hydroxylation is 2. The summed E-state index contributed by atoms with van der Waals surface area (Å²) in [6, 6.07) is 10.7. The molecule has 4 rings (SSSR count). The molecule has 1 saturated heterocycles. The SMILES string of the molecule is C[C@@H]1CN(CCCNC(=O)c2cc3c(s2)-c2ccccc2CC3)C[C@@H](C)O1. The smallest absolute Gasteiger partial charge is 0.261 e. The third kappa shape index (κ3) is 4.26. The van der Waals surface area contributed by atoms with Gasteiger partial charge in [0.1, 0.15) is 0 Å². The number of fused-ring (bicyclic) bond motifs is 3. The van der Waals surface area contributed by atoms with Crippen molar-refractivity contribution in [2.75, 3.05) is 26.2 Å². The molecule has 2 aliphatic rings. The van der Waals surface area contributed by atoms with E-state index in [1.54, 1.807) is 11.3 Å². The lowest BCUT2D eigenvalue weighted by atomic mass is 9.91. The molecule has 4 nitrogen and oxygen atoms in total. The van der Waals surface area contributed by atoms with Gasteiger partial charge in [-0.3, -0.25) is 9.69 Å². The van der Waals surface area contributed by atoms with Gasteiger partial charge in [-0.2, -0.15) is 0 Å². The number of carbonyl (C=O) groups excluding carboxylic acids is 1. The van der Waals surface area contributed by atoms with E-state index < -0.39 is 0 Å². The van der Waals surface area contributed by atoms with Crippen molar-refractivity contribution in [2.45, 2.75) is 45.3 Å². The summed E-state index contributed by atoms with van der Waals surface area (Å²) >= 11 is 1.63. The van der Waals surface area contributed by atoms with Gasteiger partial charge >= 0.3 is 0 Å². The number of ether oxygens (including phenoxy) is 1. The quantitative estimate of drug-likeness (QED) is 0.799. The van der Waals surface area contributed by atoms with E-state index >= 15 is 0 Å². The molecule has 0 unspecified atom stereocenters. The van der Waals surface area contributed by atoms with Crippen LogP contribution in [0.4, 0.5) is 0 Å². The largest absolute Gasteiger partial charge is 0.373 e. The fourth-order valence-electron chi connectivity index (χ4n) is 4.24. The minimum atomic E-state index is 0.0654. The monoisotopic (exact) mass is 384 g/mol. The van der Waals surface area contributed by atoms with Crippen LogP contribution in [0.3, 0.4) is 0 Å². The van der Waals surface area contributed by atoms with Crippen LogP contribution >= 0.6 is 11.3 Å². The average molecular weight is 385 g/mol. The molecular formula is C22H28N2O2S. The Balaban J connectivity index is 1.31. The minimum absolute atomic E-state index is 0.0654. The van der Waals surface area contributed by atoms with Crippen molar-refractivity contribution in [3.8, 4) is 10.4 Å². The first-order valence-corrected chi connectivity index (χ1v) is 10.8. The highest BCUT2D eigenvalue weighted by atomic mass is 32.1. The number of thiophene rings is 1. The van der Waals surface area contributed by atoms with Gasteiger partial charge in [0, 0.05) is 31.1 Å². The first kappa shape index (κ1) is 18.7. The Morgan fingerprint density at radius 3 is 2.74 bits per heavy atom. The van der Waals surface area contributed by atoms with Gasteiger partial charge in [0.05, 0.1) is 17.1 Å². The van der Waals surface area contributed by atoms with E-state index in [0.717, 1.165) is 50.3 Å². The summed E-state index contributed by atoms with van der Waals surface area (Å²) in [5, 5.41) is 3.11. The van der Waals surface area contributed by atoms with Gasteiger partial charge in [-0.25, -0.2) is 0 Å². The lowest BCUT2D eigenvalue weighted by Gasteiger charge is -2.35. The van der Waals surface area contributed by atoms with E-state index in [1.165, 1.54) is 21.6 Å². The van der Waals surface area contributed by atoms with Gasteiger partial charge in [0.25, 0.3) is 5.91 Å². The van der Waals surface area contributed by atoms with E-state index in [2.05, 4.69) is 54.4 Å². The van der Waals surface area contributed by atoms with Gasteiger partial charge in [0.15, 0.2) is 0 Å². The molecule has 0 spiro atoms. The number of rotatable bonds is 5. The standard InChI is InChI=1S/C22H28N2O2S/c1-15-13-24(14-16(2)26-15)11-5-10-23-22(25)20-12-18-9-8-17-6-3-4-7-19(17)21(18)27-20/h3-4,6-7,12,15-16H,5,8-11,13-14H2,1-2H3,(H,23,25)/t15-,16-/m1/s1. The van der Waals surface area contributed by atoms with E-state index in [4.69, 9.17) is 4.74 Å². The second-order valence-corrected chi connectivity index (χ2v) is 8.80. The Labute approximate surface area is 165 Å². The van der Waals surface area contributed by atoms with Crippen molar-refractivity contribution in [3.05, 3.63) is 46.3 Å². The van der Waals surface area contributed by atoms with Crippen LogP contribution < -0.4 is 5.32 Å². The van der Waals surface area contributed by atoms with Crippen molar-refractivity contribution in [2.24, 2.45) is 0 Å². The summed E-state index contributed by atoms with van der Waals surface area (Å²) in [7, 11) is 0. The van der Waals surface area contributed by atoms with Crippen LogP contribution in [-0.2, 0) is 17.6 Å². The summed E-state index contributed by atoms with van der Waals surface area (Å²) in [6.45, 7) is 7.94. The zero-order valence-electron chi connectivity index (χ0n) is 16.2. The Kier molecular flexibility index (Phi) is 5.62. The van der Waals surface area contributed by atoms with Gasteiger partial charge < -0.3 is 10.1 Å². The fraction of sp³-hybridized carbons (Fsp3) is 0.500. The number of hydrogen-bond donors (Lipinski definition) is 1. The zero-order valence-corrected chi connectivity index (χ0v) is 17.0. The van der Waals surface area contributed by atoms with E-state index in [1.807, 2.05) is 0 Å². The van der Waals surface area contributed by atoms with Crippen LogP contribution in [0.25, 0.3) is 10.4 Å². The fourth-order valence-corrected chi connectivity index (χ4v) is 5.43. The molecule has 0 saturated carbocycles. The Morgan fingerprint density at radius 2 is 1.93 bits per heavy atom. The van der Waals surface area contributed by atoms with Crippen molar-refractivity contribution in [1.29, 1.82) is 0 Å². The lowest BCUT2D eigenvalue weighted by molar-refractivity contribution is -0.0679. The second-order valence-electron chi connectivity index (χ2n) is 7.75.